The van der Waals surface area contributed by atoms with E-state index >= 15 is 0 Å². The lowest BCUT2D eigenvalue weighted by Crippen LogP contribution is -2.10. The minimum absolute atomic E-state index is 0.0394. The standard InChI is InChI=1S/C14H13ClN2O3/c1-19-12-4-2-3-11(16)13(12)14(18)20-8-9-5-6-17-7-10(9)15/h2-7H,8,16H2,1H3. The molecule has 0 saturated heterocycles. The molecule has 2 N–H and O–H groups in total. The van der Waals surface area contributed by atoms with Crippen LogP contribution in [0.15, 0.2) is 36.7 Å². The van der Waals surface area contributed by atoms with Crippen molar-refractivity contribution >= 4 is 23.3 Å². The minimum Gasteiger partial charge on any atom is -0.496 e. The highest BCUT2D eigenvalue weighted by Gasteiger charge is 2.17. The van der Waals surface area contributed by atoms with Crippen molar-refractivity contribution in [1.29, 1.82) is 0 Å². The Morgan fingerprint density at radius 2 is 2.20 bits per heavy atom. The number of hydrogen-bond acceptors (Lipinski definition) is 5. The molecule has 1 aromatic carbocycles. The molecule has 0 radical (unpaired) electrons. The summed E-state index contributed by atoms with van der Waals surface area (Å²) in [5.41, 5.74) is 6.96. The Morgan fingerprint density at radius 1 is 1.40 bits per heavy atom. The molecule has 20 heavy (non-hydrogen) atoms. The molecule has 0 saturated carbocycles. The maximum absolute atomic E-state index is 12.1. The summed E-state index contributed by atoms with van der Waals surface area (Å²) >= 11 is 5.94. The van der Waals surface area contributed by atoms with Gasteiger partial charge in [-0.05, 0) is 18.2 Å². The van der Waals surface area contributed by atoms with Crippen LogP contribution in [0.5, 0.6) is 5.75 Å². The first-order valence-electron chi connectivity index (χ1n) is 5.81. The zero-order chi connectivity index (χ0) is 14.5. The van der Waals surface area contributed by atoms with Gasteiger partial charge in [0.1, 0.15) is 17.9 Å². The number of pyridine rings is 1. The van der Waals surface area contributed by atoms with Crippen LogP contribution in [-0.2, 0) is 11.3 Å². The summed E-state index contributed by atoms with van der Waals surface area (Å²) in [5, 5.41) is 0.438. The number of nitrogens with zero attached hydrogens (tertiary/aromatic N) is 1. The number of methoxy groups -OCH3 is 1. The smallest absolute Gasteiger partial charge is 0.344 e. The second-order valence-electron chi connectivity index (χ2n) is 3.97. The van der Waals surface area contributed by atoms with Crippen LogP contribution in [-0.4, -0.2) is 18.1 Å². The van der Waals surface area contributed by atoms with Crippen LogP contribution in [0.2, 0.25) is 5.02 Å². The van der Waals surface area contributed by atoms with Crippen molar-refractivity contribution < 1.29 is 14.3 Å². The van der Waals surface area contributed by atoms with Gasteiger partial charge in [-0.3, -0.25) is 4.98 Å². The van der Waals surface area contributed by atoms with E-state index in [9.17, 15) is 4.79 Å². The molecule has 104 valence electrons. The first-order chi connectivity index (χ1) is 9.63. The fourth-order valence-electron chi connectivity index (χ4n) is 1.67. The zero-order valence-corrected chi connectivity index (χ0v) is 11.6. The number of nitrogen functional groups attached to an aromatic ring is 1. The number of ether oxygens (including phenoxy) is 2. The van der Waals surface area contributed by atoms with Crippen LogP contribution in [0, 0.1) is 0 Å². The van der Waals surface area contributed by atoms with Crippen LogP contribution >= 0.6 is 11.6 Å². The van der Waals surface area contributed by atoms with E-state index < -0.39 is 5.97 Å². The normalized spacial score (nSPS) is 10.1. The quantitative estimate of drug-likeness (QED) is 0.693. The van der Waals surface area contributed by atoms with Crippen LogP contribution in [0.25, 0.3) is 0 Å². The number of benzene rings is 1. The lowest BCUT2D eigenvalue weighted by atomic mass is 10.1. The predicted molar refractivity (Wildman–Crippen MR) is 75.8 cm³/mol. The highest BCUT2D eigenvalue weighted by atomic mass is 35.5. The molecule has 0 fully saturated rings. The van der Waals surface area contributed by atoms with Crippen LogP contribution in [0.3, 0.4) is 0 Å². The molecule has 0 aliphatic carbocycles. The summed E-state index contributed by atoms with van der Waals surface area (Å²) in [7, 11) is 1.46. The van der Waals surface area contributed by atoms with Crippen LogP contribution in [0.4, 0.5) is 5.69 Å². The third-order valence-corrected chi connectivity index (χ3v) is 3.04. The fraction of sp³-hybridized carbons (Fsp3) is 0.143. The van der Waals surface area contributed by atoms with Gasteiger partial charge in [-0.15, -0.1) is 0 Å². The summed E-state index contributed by atoms with van der Waals surface area (Å²) in [6.45, 7) is 0.0394. The Balaban J connectivity index is 2.15. The Hall–Kier alpha value is -2.27. The van der Waals surface area contributed by atoms with Gasteiger partial charge < -0.3 is 15.2 Å². The van der Waals surface area contributed by atoms with Gasteiger partial charge in [-0.1, -0.05) is 17.7 Å². The summed E-state index contributed by atoms with van der Waals surface area (Å²) in [6, 6.07) is 6.64. The van der Waals surface area contributed by atoms with Gasteiger partial charge in [-0.25, -0.2) is 4.79 Å². The highest BCUT2D eigenvalue weighted by Crippen LogP contribution is 2.25. The van der Waals surface area contributed by atoms with E-state index in [1.165, 1.54) is 13.3 Å². The van der Waals surface area contributed by atoms with Crippen molar-refractivity contribution in [3.63, 3.8) is 0 Å². The summed E-state index contributed by atoms with van der Waals surface area (Å²) in [4.78, 5) is 15.9. The first-order valence-corrected chi connectivity index (χ1v) is 6.19. The van der Waals surface area contributed by atoms with E-state index in [1.54, 1.807) is 30.5 Å². The van der Waals surface area contributed by atoms with E-state index in [0.717, 1.165) is 0 Å². The van der Waals surface area contributed by atoms with Crippen molar-refractivity contribution in [2.24, 2.45) is 0 Å². The highest BCUT2D eigenvalue weighted by molar-refractivity contribution is 6.31. The average molecular weight is 293 g/mol. The zero-order valence-electron chi connectivity index (χ0n) is 10.8. The number of anilines is 1. The monoisotopic (exact) mass is 292 g/mol. The topological polar surface area (TPSA) is 74.4 Å². The minimum atomic E-state index is -0.562. The molecule has 0 aliphatic heterocycles. The van der Waals surface area contributed by atoms with E-state index in [0.29, 0.717) is 22.0 Å². The van der Waals surface area contributed by atoms with Crippen molar-refractivity contribution in [2.75, 3.05) is 12.8 Å². The van der Waals surface area contributed by atoms with Gasteiger partial charge in [0.25, 0.3) is 0 Å². The Morgan fingerprint density at radius 3 is 2.90 bits per heavy atom. The molecule has 2 rings (SSSR count). The second kappa shape index (κ2) is 6.25. The van der Waals surface area contributed by atoms with Crippen LogP contribution in [0.1, 0.15) is 15.9 Å². The van der Waals surface area contributed by atoms with Gasteiger partial charge in [0.05, 0.1) is 12.1 Å². The van der Waals surface area contributed by atoms with E-state index in [2.05, 4.69) is 4.98 Å². The van der Waals surface area contributed by atoms with E-state index in [4.69, 9.17) is 26.8 Å². The summed E-state index contributed by atoms with van der Waals surface area (Å²) in [5.74, 6) is -0.191. The van der Waals surface area contributed by atoms with Gasteiger partial charge in [0, 0.05) is 23.6 Å². The fourth-order valence-corrected chi connectivity index (χ4v) is 1.85. The van der Waals surface area contributed by atoms with Crippen molar-refractivity contribution in [3.05, 3.63) is 52.8 Å². The van der Waals surface area contributed by atoms with E-state index in [-0.39, 0.29) is 12.2 Å². The largest absolute Gasteiger partial charge is 0.496 e. The van der Waals surface area contributed by atoms with Crippen molar-refractivity contribution in [2.45, 2.75) is 6.61 Å². The Labute approximate surface area is 121 Å². The number of carbonyl (C=O) groups excluding carboxylic acids is 1. The lowest BCUT2D eigenvalue weighted by Gasteiger charge is -2.11. The van der Waals surface area contributed by atoms with E-state index in [1.807, 2.05) is 0 Å². The molecule has 0 aliphatic rings. The molecule has 0 unspecified atom stereocenters. The molecule has 0 amide bonds. The molecular weight excluding hydrogens is 280 g/mol. The summed E-state index contributed by atoms with van der Waals surface area (Å²) < 4.78 is 10.3. The predicted octanol–water partition coefficient (Wildman–Crippen LogP) is 2.68. The number of esters is 1. The van der Waals surface area contributed by atoms with Gasteiger partial charge in [0.2, 0.25) is 0 Å². The molecule has 2 aromatic rings. The SMILES string of the molecule is COc1cccc(N)c1C(=O)OCc1ccncc1Cl. The first kappa shape index (κ1) is 14.1. The number of nitrogens with two attached hydrogens (primary N) is 1. The van der Waals surface area contributed by atoms with Gasteiger partial charge >= 0.3 is 5.97 Å². The molecule has 0 bridgehead atoms. The lowest BCUT2D eigenvalue weighted by molar-refractivity contribution is 0.0470. The van der Waals surface area contributed by atoms with Crippen LogP contribution < -0.4 is 10.5 Å². The maximum atomic E-state index is 12.1. The molecule has 0 atom stereocenters. The molecule has 6 heteroatoms. The number of hydrogen-bond donors (Lipinski definition) is 1. The Kier molecular flexibility index (Phi) is 4.42. The maximum Gasteiger partial charge on any atom is 0.344 e. The second-order valence-corrected chi connectivity index (χ2v) is 4.37. The molecule has 1 aromatic heterocycles. The molecular formula is C14H13ClN2O3. The molecule has 1 heterocycles. The third-order valence-electron chi connectivity index (χ3n) is 2.70. The number of halogens is 1. The summed E-state index contributed by atoms with van der Waals surface area (Å²) in [6.07, 6.45) is 3.06. The van der Waals surface area contributed by atoms with Gasteiger partial charge in [-0.2, -0.15) is 0 Å². The number of aromatic nitrogens is 1. The number of rotatable bonds is 4. The van der Waals surface area contributed by atoms with Gasteiger partial charge in [0.15, 0.2) is 0 Å². The number of carbonyl (C=O) groups is 1. The molecule has 0 spiro atoms. The third kappa shape index (κ3) is 3.00. The molecule has 5 nitrogen and oxygen atoms in total. The van der Waals surface area contributed by atoms with Crippen molar-refractivity contribution in [1.82, 2.24) is 4.98 Å². The van der Waals surface area contributed by atoms with Crippen molar-refractivity contribution in [3.8, 4) is 5.75 Å². The average Bonchev–Trinajstić information content (AvgIpc) is 2.45. The Bertz CT molecular complexity index is 632.